The van der Waals surface area contributed by atoms with Crippen LogP contribution in [0, 0.1) is 0 Å². The number of hydrogen-bond donors (Lipinski definition) is 1. The summed E-state index contributed by atoms with van der Waals surface area (Å²) in [6, 6.07) is 6.51. The number of hydrogen-bond acceptors (Lipinski definition) is 3. The fraction of sp³-hybridized carbons (Fsp3) is 0.533. The highest BCUT2D eigenvalue weighted by Crippen LogP contribution is 2.41. The lowest BCUT2D eigenvalue weighted by molar-refractivity contribution is -0.137. The molecule has 0 spiro atoms. The van der Waals surface area contributed by atoms with E-state index < -0.39 is 5.97 Å². The van der Waals surface area contributed by atoms with Gasteiger partial charge < -0.3 is 14.7 Å². The molecule has 4 heteroatoms. The molecule has 1 aliphatic heterocycles. The Hall–Kier alpha value is -1.71. The lowest BCUT2D eigenvalue weighted by Crippen LogP contribution is -2.29. The normalized spacial score (nSPS) is 17.7. The third kappa shape index (κ3) is 2.83. The molecule has 104 valence electrons. The Morgan fingerprint density at radius 3 is 2.84 bits per heavy atom. The number of methoxy groups -OCH3 is 1. The quantitative estimate of drug-likeness (QED) is 0.887. The van der Waals surface area contributed by atoms with Crippen molar-refractivity contribution in [2.45, 2.75) is 38.6 Å². The highest BCUT2D eigenvalue weighted by Gasteiger charge is 2.30. The fourth-order valence-electron chi connectivity index (χ4n) is 2.72. The molecule has 0 bridgehead atoms. The molecule has 1 atom stereocenters. The van der Waals surface area contributed by atoms with Crippen LogP contribution < -0.4 is 9.64 Å². The standard InChI is InChI=1S/C15H21NO3/c1-10(2)16-9-11(4-7-15(17)18)13-8-12(19-3)5-6-14(13)16/h5-6,8,10-11H,4,7,9H2,1-3H3,(H,17,18). The van der Waals surface area contributed by atoms with Gasteiger partial charge in [-0.1, -0.05) is 0 Å². The van der Waals surface area contributed by atoms with Crippen LogP contribution in [-0.2, 0) is 4.79 Å². The van der Waals surface area contributed by atoms with Crippen LogP contribution >= 0.6 is 0 Å². The topological polar surface area (TPSA) is 49.8 Å². The van der Waals surface area contributed by atoms with Gasteiger partial charge in [0.2, 0.25) is 0 Å². The molecule has 1 heterocycles. The summed E-state index contributed by atoms with van der Waals surface area (Å²) in [6.07, 6.45) is 0.895. The summed E-state index contributed by atoms with van der Waals surface area (Å²) in [5.41, 5.74) is 2.43. The van der Waals surface area contributed by atoms with Crippen LogP contribution in [0.4, 0.5) is 5.69 Å². The van der Waals surface area contributed by atoms with Gasteiger partial charge in [0, 0.05) is 30.6 Å². The molecule has 1 aliphatic rings. The monoisotopic (exact) mass is 263 g/mol. The van der Waals surface area contributed by atoms with Crippen molar-refractivity contribution >= 4 is 11.7 Å². The lowest BCUT2D eigenvalue weighted by atomic mass is 9.96. The number of rotatable bonds is 5. The second kappa shape index (κ2) is 5.51. The number of ether oxygens (including phenoxy) is 1. The summed E-state index contributed by atoms with van der Waals surface area (Å²) >= 11 is 0. The number of carbonyl (C=O) groups is 1. The van der Waals surface area contributed by atoms with Crippen LogP contribution in [0.25, 0.3) is 0 Å². The molecule has 0 aliphatic carbocycles. The molecular weight excluding hydrogens is 242 g/mol. The maximum absolute atomic E-state index is 10.8. The summed E-state index contributed by atoms with van der Waals surface area (Å²) in [5.74, 6) is 0.390. The SMILES string of the molecule is COc1ccc2c(c1)C(CCC(=O)O)CN2C(C)C. The minimum absolute atomic E-state index is 0.216. The van der Waals surface area contributed by atoms with E-state index in [-0.39, 0.29) is 12.3 Å². The summed E-state index contributed by atoms with van der Waals surface area (Å²) in [4.78, 5) is 13.1. The first kappa shape index (κ1) is 13.7. The van der Waals surface area contributed by atoms with Crippen LogP contribution in [0.3, 0.4) is 0 Å². The van der Waals surface area contributed by atoms with Crippen molar-refractivity contribution in [3.8, 4) is 5.75 Å². The molecule has 0 saturated carbocycles. The summed E-state index contributed by atoms with van der Waals surface area (Å²) < 4.78 is 5.27. The Morgan fingerprint density at radius 2 is 2.26 bits per heavy atom. The Morgan fingerprint density at radius 1 is 1.53 bits per heavy atom. The van der Waals surface area contributed by atoms with E-state index in [2.05, 4.69) is 24.8 Å². The van der Waals surface area contributed by atoms with Gasteiger partial charge in [0.05, 0.1) is 7.11 Å². The minimum Gasteiger partial charge on any atom is -0.497 e. The molecule has 0 saturated heterocycles. The predicted molar refractivity (Wildman–Crippen MR) is 75.1 cm³/mol. The van der Waals surface area contributed by atoms with E-state index in [1.807, 2.05) is 12.1 Å². The van der Waals surface area contributed by atoms with E-state index in [0.29, 0.717) is 12.5 Å². The van der Waals surface area contributed by atoms with Gasteiger partial charge in [-0.25, -0.2) is 0 Å². The first-order valence-electron chi connectivity index (χ1n) is 6.69. The molecule has 1 aromatic carbocycles. The van der Waals surface area contributed by atoms with Crippen LogP contribution in [-0.4, -0.2) is 30.8 Å². The van der Waals surface area contributed by atoms with Crippen LogP contribution in [0.5, 0.6) is 5.75 Å². The molecule has 4 nitrogen and oxygen atoms in total. The number of anilines is 1. The molecule has 1 aromatic rings. The zero-order valence-electron chi connectivity index (χ0n) is 11.7. The van der Waals surface area contributed by atoms with E-state index >= 15 is 0 Å². The average Bonchev–Trinajstić information content (AvgIpc) is 2.74. The van der Waals surface area contributed by atoms with Crippen molar-refractivity contribution in [3.63, 3.8) is 0 Å². The third-order valence-corrected chi connectivity index (χ3v) is 3.73. The van der Waals surface area contributed by atoms with Crippen molar-refractivity contribution in [1.82, 2.24) is 0 Å². The molecule has 1 unspecified atom stereocenters. The Balaban J connectivity index is 2.27. The molecule has 2 rings (SSSR count). The van der Waals surface area contributed by atoms with E-state index in [0.717, 1.165) is 12.3 Å². The Kier molecular flexibility index (Phi) is 3.98. The molecule has 0 fully saturated rings. The van der Waals surface area contributed by atoms with Gasteiger partial charge in [-0.05, 0) is 44.0 Å². The second-order valence-electron chi connectivity index (χ2n) is 5.30. The third-order valence-electron chi connectivity index (χ3n) is 3.73. The maximum Gasteiger partial charge on any atom is 0.303 e. The largest absolute Gasteiger partial charge is 0.497 e. The highest BCUT2D eigenvalue weighted by molar-refractivity contribution is 5.68. The number of benzene rings is 1. The van der Waals surface area contributed by atoms with Gasteiger partial charge in [0.15, 0.2) is 0 Å². The number of fused-ring (bicyclic) bond motifs is 1. The van der Waals surface area contributed by atoms with Gasteiger partial charge in [0.1, 0.15) is 5.75 Å². The number of carboxylic acid groups (broad SMARTS) is 1. The zero-order valence-corrected chi connectivity index (χ0v) is 11.7. The smallest absolute Gasteiger partial charge is 0.303 e. The van der Waals surface area contributed by atoms with Crippen LogP contribution in [0.2, 0.25) is 0 Å². The Bertz CT molecular complexity index is 470. The molecule has 0 amide bonds. The van der Waals surface area contributed by atoms with Crippen LogP contribution in [0.1, 0.15) is 38.2 Å². The average molecular weight is 263 g/mol. The molecular formula is C15H21NO3. The van der Waals surface area contributed by atoms with Crippen molar-refractivity contribution in [1.29, 1.82) is 0 Å². The summed E-state index contributed by atoms with van der Waals surface area (Å²) in [5, 5.41) is 8.86. The van der Waals surface area contributed by atoms with E-state index in [1.54, 1.807) is 7.11 Å². The fourth-order valence-corrected chi connectivity index (χ4v) is 2.72. The molecule has 1 N–H and O–H groups in total. The number of aliphatic carboxylic acids is 1. The van der Waals surface area contributed by atoms with Crippen molar-refractivity contribution in [2.24, 2.45) is 0 Å². The predicted octanol–water partition coefficient (Wildman–Crippen LogP) is 2.87. The number of nitrogens with zero attached hydrogens (tertiary/aromatic N) is 1. The van der Waals surface area contributed by atoms with Crippen molar-refractivity contribution in [3.05, 3.63) is 23.8 Å². The first-order chi connectivity index (χ1) is 9.02. The van der Waals surface area contributed by atoms with Gasteiger partial charge in [-0.2, -0.15) is 0 Å². The lowest BCUT2D eigenvalue weighted by Gasteiger charge is -2.24. The van der Waals surface area contributed by atoms with Gasteiger partial charge in [-0.3, -0.25) is 4.79 Å². The second-order valence-corrected chi connectivity index (χ2v) is 5.30. The van der Waals surface area contributed by atoms with E-state index in [4.69, 9.17) is 9.84 Å². The van der Waals surface area contributed by atoms with Crippen molar-refractivity contribution in [2.75, 3.05) is 18.6 Å². The van der Waals surface area contributed by atoms with E-state index in [9.17, 15) is 4.79 Å². The van der Waals surface area contributed by atoms with Gasteiger partial charge >= 0.3 is 5.97 Å². The molecule has 0 radical (unpaired) electrons. The van der Waals surface area contributed by atoms with Gasteiger partial charge in [-0.15, -0.1) is 0 Å². The highest BCUT2D eigenvalue weighted by atomic mass is 16.5. The zero-order chi connectivity index (χ0) is 14.0. The Labute approximate surface area is 114 Å². The van der Waals surface area contributed by atoms with Gasteiger partial charge in [0.25, 0.3) is 0 Å². The maximum atomic E-state index is 10.8. The minimum atomic E-state index is -0.729. The molecule has 19 heavy (non-hydrogen) atoms. The summed E-state index contributed by atoms with van der Waals surface area (Å²) in [6.45, 7) is 5.22. The summed E-state index contributed by atoms with van der Waals surface area (Å²) in [7, 11) is 1.66. The first-order valence-corrected chi connectivity index (χ1v) is 6.69. The van der Waals surface area contributed by atoms with Crippen LogP contribution in [0.15, 0.2) is 18.2 Å². The van der Waals surface area contributed by atoms with Crippen molar-refractivity contribution < 1.29 is 14.6 Å². The molecule has 0 aromatic heterocycles. The van der Waals surface area contributed by atoms with E-state index in [1.165, 1.54) is 11.3 Å². The number of carboxylic acids is 1.